The van der Waals surface area contributed by atoms with Crippen molar-refractivity contribution in [3.05, 3.63) is 82.3 Å². The molecule has 1 aliphatic heterocycles. The number of hydrogen-bond donors (Lipinski definition) is 3. The molecule has 0 spiro atoms. The van der Waals surface area contributed by atoms with Crippen LogP contribution < -0.4 is 20.9 Å². The first-order valence-electron chi connectivity index (χ1n) is 13.6. The third kappa shape index (κ3) is 6.41. The van der Waals surface area contributed by atoms with E-state index in [-0.39, 0.29) is 40.4 Å². The molecule has 3 heterocycles. The summed E-state index contributed by atoms with van der Waals surface area (Å²) >= 11 is 0. The summed E-state index contributed by atoms with van der Waals surface area (Å²) in [6, 6.07) is 10.3. The predicted octanol–water partition coefficient (Wildman–Crippen LogP) is 4.76. The average Bonchev–Trinajstić information content (AvgIpc) is 2.94. The van der Waals surface area contributed by atoms with Crippen molar-refractivity contribution in [2.45, 2.75) is 50.7 Å². The second-order valence-corrected chi connectivity index (χ2v) is 12.2. The van der Waals surface area contributed by atoms with Crippen LogP contribution >= 0.6 is 0 Å². The number of rotatable bonds is 9. The van der Waals surface area contributed by atoms with E-state index in [9.17, 15) is 22.0 Å². The van der Waals surface area contributed by atoms with Gasteiger partial charge in [-0.25, -0.2) is 26.6 Å². The zero-order chi connectivity index (χ0) is 30.0. The summed E-state index contributed by atoms with van der Waals surface area (Å²) in [5.41, 5.74) is 0.0175. The highest BCUT2D eigenvalue weighted by atomic mass is 32.2. The molecule has 2 aromatic heterocycles. The van der Waals surface area contributed by atoms with E-state index in [2.05, 4.69) is 25.3 Å². The molecule has 4 aromatic rings. The number of aromatic nitrogens is 3. The van der Waals surface area contributed by atoms with Gasteiger partial charge in [-0.15, -0.1) is 0 Å². The minimum absolute atomic E-state index is 0.0496. The lowest BCUT2D eigenvalue weighted by Gasteiger charge is -2.26. The fourth-order valence-electron chi connectivity index (χ4n) is 4.96. The van der Waals surface area contributed by atoms with Crippen molar-refractivity contribution in [1.82, 2.24) is 19.9 Å². The van der Waals surface area contributed by atoms with Crippen LogP contribution in [0.3, 0.4) is 0 Å². The number of fused-ring (bicyclic) bond motifs is 1. The molecule has 13 heteroatoms. The van der Waals surface area contributed by atoms with Crippen LogP contribution in [-0.2, 0) is 15.8 Å². The Morgan fingerprint density at radius 1 is 1.12 bits per heavy atom. The molecule has 3 atom stereocenters. The Kier molecular flexibility index (Phi) is 8.50. The molecule has 42 heavy (non-hydrogen) atoms. The number of halogens is 3. The minimum Gasteiger partial charge on any atom is -0.350 e. The first-order valence-corrected chi connectivity index (χ1v) is 15.3. The number of nitrogens with one attached hydrogen (secondary N) is 3. The van der Waals surface area contributed by atoms with Crippen LogP contribution in [0, 0.1) is 11.6 Å². The molecule has 9 nitrogen and oxygen atoms in total. The van der Waals surface area contributed by atoms with Gasteiger partial charge in [0, 0.05) is 54.3 Å². The van der Waals surface area contributed by atoms with Gasteiger partial charge in [0.1, 0.15) is 23.5 Å². The maximum atomic E-state index is 15.2. The average molecular weight is 601 g/mol. The summed E-state index contributed by atoms with van der Waals surface area (Å²) in [6.07, 6.45) is 1.49. The molecule has 0 saturated carbocycles. The summed E-state index contributed by atoms with van der Waals surface area (Å²) < 4.78 is 71.9. The summed E-state index contributed by atoms with van der Waals surface area (Å²) in [7, 11) is -4.13. The Morgan fingerprint density at radius 3 is 2.62 bits per heavy atom. The van der Waals surface area contributed by atoms with Crippen molar-refractivity contribution >= 4 is 32.7 Å². The Labute approximate surface area is 241 Å². The topological polar surface area (TPSA) is 118 Å². The fraction of sp³-hybridized carbons (Fsp3) is 0.345. The molecular formula is C29H31F3N6O3S. The highest BCUT2D eigenvalue weighted by molar-refractivity contribution is 7.91. The lowest BCUT2D eigenvalue weighted by Crippen LogP contribution is -2.44. The Bertz CT molecular complexity index is 1780. The number of pyridine rings is 1. The van der Waals surface area contributed by atoms with Gasteiger partial charge in [0.15, 0.2) is 0 Å². The molecule has 1 unspecified atom stereocenters. The molecule has 3 N–H and O–H groups in total. The number of alkyl halides is 1. The molecule has 0 radical (unpaired) electrons. The van der Waals surface area contributed by atoms with Crippen molar-refractivity contribution in [2.24, 2.45) is 0 Å². The lowest BCUT2D eigenvalue weighted by molar-refractivity contribution is 0.254. The molecule has 2 aromatic carbocycles. The molecule has 0 bridgehead atoms. The summed E-state index contributed by atoms with van der Waals surface area (Å²) in [5, 5.41) is 6.69. The third-order valence-corrected chi connectivity index (χ3v) is 8.51. The van der Waals surface area contributed by atoms with Gasteiger partial charge in [-0.3, -0.25) is 14.1 Å². The molecular weight excluding hydrogens is 569 g/mol. The van der Waals surface area contributed by atoms with Crippen LogP contribution in [0.15, 0.2) is 59.5 Å². The van der Waals surface area contributed by atoms with Gasteiger partial charge < -0.3 is 10.6 Å². The van der Waals surface area contributed by atoms with E-state index < -0.39 is 39.1 Å². The second-order valence-electron chi connectivity index (χ2n) is 10.4. The Hall–Kier alpha value is -3.97. The number of benzene rings is 2. The van der Waals surface area contributed by atoms with Gasteiger partial charge in [-0.1, -0.05) is 31.2 Å². The van der Waals surface area contributed by atoms with Gasteiger partial charge in [-0.05, 0) is 43.2 Å². The smallest absolute Gasteiger partial charge is 0.260 e. The molecule has 0 amide bonds. The zero-order valence-electron chi connectivity index (χ0n) is 23.1. The van der Waals surface area contributed by atoms with E-state index >= 15 is 4.39 Å². The van der Waals surface area contributed by atoms with Crippen LogP contribution in [0.2, 0.25) is 0 Å². The monoisotopic (exact) mass is 600 g/mol. The van der Waals surface area contributed by atoms with Gasteiger partial charge in [-0.2, -0.15) is 4.98 Å². The van der Waals surface area contributed by atoms with Gasteiger partial charge in [0.2, 0.25) is 16.0 Å². The largest absolute Gasteiger partial charge is 0.350 e. The molecule has 1 fully saturated rings. The number of piperidine rings is 1. The molecule has 1 aliphatic rings. The predicted molar refractivity (Wildman–Crippen MR) is 157 cm³/mol. The first-order chi connectivity index (χ1) is 20.0. The van der Waals surface area contributed by atoms with Crippen molar-refractivity contribution in [1.29, 1.82) is 0 Å². The van der Waals surface area contributed by atoms with Crippen LogP contribution in [0.5, 0.6) is 0 Å². The number of nitrogens with zero attached hydrogens (tertiary/aromatic N) is 3. The normalized spacial score (nSPS) is 18.1. The molecule has 1 saturated heterocycles. The zero-order valence-corrected chi connectivity index (χ0v) is 23.9. The Balaban J connectivity index is 1.47. The van der Waals surface area contributed by atoms with E-state index in [1.165, 1.54) is 34.9 Å². The first kappa shape index (κ1) is 29.5. The summed E-state index contributed by atoms with van der Waals surface area (Å²) in [4.78, 5) is 22.7. The van der Waals surface area contributed by atoms with Gasteiger partial charge in [0.05, 0.1) is 11.4 Å². The Morgan fingerprint density at radius 2 is 1.90 bits per heavy atom. The van der Waals surface area contributed by atoms with Gasteiger partial charge in [0.25, 0.3) is 5.56 Å². The second kappa shape index (κ2) is 12.1. The van der Waals surface area contributed by atoms with Crippen LogP contribution in [-0.4, -0.2) is 48.3 Å². The minimum atomic E-state index is -4.13. The highest BCUT2D eigenvalue weighted by Gasteiger charge is 2.23. The summed E-state index contributed by atoms with van der Waals surface area (Å²) in [6.45, 7) is 4.65. The van der Waals surface area contributed by atoms with Crippen molar-refractivity contribution in [3.63, 3.8) is 0 Å². The van der Waals surface area contributed by atoms with E-state index in [4.69, 9.17) is 0 Å². The maximum absolute atomic E-state index is 15.2. The number of hydrogen-bond acceptors (Lipinski definition) is 7. The highest BCUT2D eigenvalue weighted by Crippen LogP contribution is 2.27. The van der Waals surface area contributed by atoms with Crippen molar-refractivity contribution in [2.75, 3.05) is 23.1 Å². The van der Waals surface area contributed by atoms with E-state index in [1.54, 1.807) is 12.3 Å². The molecule has 0 aliphatic carbocycles. The third-order valence-electron chi connectivity index (χ3n) is 7.28. The van der Waals surface area contributed by atoms with Crippen LogP contribution in [0.1, 0.15) is 38.3 Å². The standard InChI is InChI=1S/C29H31F3N6O3S/c1-3-17(2)38-27-20(13-34-29(36-27)35-22-12-21(30)14-33-15-22)10-23(28(38)39)18-8-9-26(25(32)11-18)37-42(40,41)16-19-6-4-5-7-24(19)31/h4-11,13,17,21-22,33,37H,3,12,14-16H2,1-2H3,(H,34,35,36)/t17?,21-,22-/m0/s1. The van der Waals surface area contributed by atoms with E-state index in [0.717, 1.165) is 12.1 Å². The lowest BCUT2D eigenvalue weighted by atomic mass is 10.0. The van der Waals surface area contributed by atoms with E-state index in [1.807, 2.05) is 13.8 Å². The SMILES string of the molecule is CCC(C)n1c(=O)c(-c2ccc(NS(=O)(=O)Cc3ccccc3F)c(F)c2)cc2cnc(N[C@@H]3CNC[C@@H](F)C3)nc21. The number of sulfonamides is 1. The van der Waals surface area contributed by atoms with Crippen molar-refractivity contribution in [3.8, 4) is 11.1 Å². The van der Waals surface area contributed by atoms with Crippen LogP contribution in [0.25, 0.3) is 22.2 Å². The maximum Gasteiger partial charge on any atom is 0.260 e. The molecule has 5 rings (SSSR count). The molecule has 222 valence electrons. The quantitative estimate of drug-likeness (QED) is 0.254. The van der Waals surface area contributed by atoms with Crippen molar-refractivity contribution < 1.29 is 21.6 Å². The van der Waals surface area contributed by atoms with E-state index in [0.29, 0.717) is 37.0 Å². The summed E-state index contributed by atoms with van der Waals surface area (Å²) in [5.74, 6) is -1.99. The number of anilines is 2. The fourth-order valence-corrected chi connectivity index (χ4v) is 6.18. The van der Waals surface area contributed by atoms with Gasteiger partial charge >= 0.3 is 0 Å². The van der Waals surface area contributed by atoms with Crippen LogP contribution in [0.4, 0.5) is 24.8 Å².